The number of hydrogen-bond acceptors (Lipinski definition) is 3. The van der Waals surface area contributed by atoms with Gasteiger partial charge in [0.25, 0.3) is 5.91 Å². The predicted octanol–water partition coefficient (Wildman–Crippen LogP) is 0.798. The number of aromatic nitrogens is 1. The van der Waals surface area contributed by atoms with Crippen LogP contribution in [0.4, 0.5) is 0 Å². The Kier molecular flexibility index (Phi) is 2.94. The third-order valence-corrected chi connectivity index (χ3v) is 2.50. The number of carbonyl (C=O) groups is 2. The van der Waals surface area contributed by atoms with E-state index in [4.69, 9.17) is 4.74 Å². The van der Waals surface area contributed by atoms with Crippen LogP contribution in [0.2, 0.25) is 0 Å². The molecule has 0 saturated carbocycles. The SMILES string of the molecule is CCOC(=O)c1cc2n(c1)CCCNC2=O. The fourth-order valence-electron chi connectivity index (χ4n) is 1.75. The van der Waals surface area contributed by atoms with Gasteiger partial charge in [-0.3, -0.25) is 4.79 Å². The molecule has 1 amide bonds. The lowest BCUT2D eigenvalue weighted by molar-refractivity contribution is 0.0526. The summed E-state index contributed by atoms with van der Waals surface area (Å²) >= 11 is 0. The molecule has 1 aliphatic rings. The second kappa shape index (κ2) is 4.38. The maximum absolute atomic E-state index is 11.6. The molecule has 0 saturated heterocycles. The van der Waals surface area contributed by atoms with Crippen molar-refractivity contribution >= 4 is 11.9 Å². The Morgan fingerprint density at radius 2 is 2.44 bits per heavy atom. The third kappa shape index (κ3) is 1.93. The number of fused-ring (bicyclic) bond motifs is 1. The molecular weight excluding hydrogens is 208 g/mol. The van der Waals surface area contributed by atoms with Crippen LogP contribution in [-0.4, -0.2) is 29.6 Å². The van der Waals surface area contributed by atoms with Crippen LogP contribution in [0.5, 0.6) is 0 Å². The molecule has 1 aliphatic heterocycles. The summed E-state index contributed by atoms with van der Waals surface area (Å²) in [7, 11) is 0. The van der Waals surface area contributed by atoms with E-state index in [-0.39, 0.29) is 11.9 Å². The van der Waals surface area contributed by atoms with Crippen molar-refractivity contribution in [3.63, 3.8) is 0 Å². The van der Waals surface area contributed by atoms with Gasteiger partial charge in [0.2, 0.25) is 0 Å². The highest BCUT2D eigenvalue weighted by Crippen LogP contribution is 2.13. The van der Waals surface area contributed by atoms with E-state index in [1.165, 1.54) is 0 Å². The van der Waals surface area contributed by atoms with Gasteiger partial charge in [-0.2, -0.15) is 0 Å². The van der Waals surface area contributed by atoms with Crippen molar-refractivity contribution in [2.45, 2.75) is 19.9 Å². The third-order valence-electron chi connectivity index (χ3n) is 2.50. The van der Waals surface area contributed by atoms with Crippen LogP contribution in [0.15, 0.2) is 12.3 Å². The van der Waals surface area contributed by atoms with Crippen molar-refractivity contribution in [3.05, 3.63) is 23.5 Å². The first kappa shape index (κ1) is 10.7. The average Bonchev–Trinajstić information content (AvgIpc) is 2.62. The Hall–Kier alpha value is -1.78. The van der Waals surface area contributed by atoms with Crippen molar-refractivity contribution < 1.29 is 14.3 Å². The van der Waals surface area contributed by atoms with E-state index in [1.807, 2.05) is 0 Å². The number of nitrogens with zero attached hydrogens (tertiary/aromatic N) is 1. The monoisotopic (exact) mass is 222 g/mol. The topological polar surface area (TPSA) is 60.3 Å². The van der Waals surface area contributed by atoms with Gasteiger partial charge in [0.05, 0.1) is 12.2 Å². The van der Waals surface area contributed by atoms with Crippen molar-refractivity contribution in [2.75, 3.05) is 13.2 Å². The summed E-state index contributed by atoms with van der Waals surface area (Å²) in [4.78, 5) is 23.1. The molecule has 1 N–H and O–H groups in total. The van der Waals surface area contributed by atoms with E-state index in [0.29, 0.717) is 24.4 Å². The van der Waals surface area contributed by atoms with E-state index in [1.54, 1.807) is 23.8 Å². The summed E-state index contributed by atoms with van der Waals surface area (Å²) in [6.07, 6.45) is 2.55. The smallest absolute Gasteiger partial charge is 0.339 e. The quantitative estimate of drug-likeness (QED) is 0.753. The maximum Gasteiger partial charge on any atom is 0.339 e. The van der Waals surface area contributed by atoms with Gasteiger partial charge < -0.3 is 14.6 Å². The number of amides is 1. The van der Waals surface area contributed by atoms with Gasteiger partial charge in [0, 0.05) is 19.3 Å². The molecule has 2 rings (SSSR count). The number of carbonyl (C=O) groups excluding carboxylic acids is 2. The zero-order valence-corrected chi connectivity index (χ0v) is 9.16. The van der Waals surface area contributed by atoms with Crippen LogP contribution in [0, 0.1) is 0 Å². The zero-order valence-electron chi connectivity index (χ0n) is 9.16. The summed E-state index contributed by atoms with van der Waals surface area (Å²) in [6, 6.07) is 1.58. The molecule has 0 radical (unpaired) electrons. The Morgan fingerprint density at radius 3 is 3.19 bits per heavy atom. The molecule has 5 nitrogen and oxygen atoms in total. The summed E-state index contributed by atoms with van der Waals surface area (Å²) in [5.74, 6) is -0.510. The standard InChI is InChI=1S/C11H14N2O3/c1-2-16-11(15)8-6-9-10(14)12-4-3-5-13(9)7-8/h6-7H,2-5H2,1H3,(H,12,14). The largest absolute Gasteiger partial charge is 0.462 e. The van der Waals surface area contributed by atoms with E-state index >= 15 is 0 Å². The number of aryl methyl sites for hydroxylation is 1. The lowest BCUT2D eigenvalue weighted by atomic mass is 10.3. The van der Waals surface area contributed by atoms with Gasteiger partial charge in [-0.25, -0.2) is 4.79 Å². The number of hydrogen-bond donors (Lipinski definition) is 1. The minimum absolute atomic E-state index is 0.131. The number of nitrogens with one attached hydrogen (secondary N) is 1. The van der Waals surface area contributed by atoms with Crippen LogP contribution >= 0.6 is 0 Å². The molecule has 2 heterocycles. The fraction of sp³-hybridized carbons (Fsp3) is 0.455. The highest BCUT2D eigenvalue weighted by Gasteiger charge is 2.19. The molecule has 0 spiro atoms. The minimum atomic E-state index is -0.379. The Bertz CT molecular complexity index is 423. The first-order valence-electron chi connectivity index (χ1n) is 5.38. The summed E-state index contributed by atoms with van der Waals surface area (Å²) in [6.45, 7) is 3.51. The van der Waals surface area contributed by atoms with Gasteiger partial charge in [-0.05, 0) is 19.4 Å². The van der Waals surface area contributed by atoms with Crippen LogP contribution in [0.3, 0.4) is 0 Å². The molecule has 1 aromatic heterocycles. The zero-order chi connectivity index (χ0) is 11.5. The van der Waals surface area contributed by atoms with E-state index in [2.05, 4.69) is 5.32 Å². The van der Waals surface area contributed by atoms with Crippen molar-refractivity contribution in [2.24, 2.45) is 0 Å². The van der Waals surface area contributed by atoms with Crippen LogP contribution in [0.25, 0.3) is 0 Å². The first-order chi connectivity index (χ1) is 7.72. The lowest BCUT2D eigenvalue weighted by Crippen LogP contribution is -2.22. The summed E-state index contributed by atoms with van der Waals surface area (Å²) in [5.41, 5.74) is 0.967. The normalized spacial score (nSPS) is 14.9. The van der Waals surface area contributed by atoms with E-state index < -0.39 is 0 Å². The molecule has 1 aromatic rings. The maximum atomic E-state index is 11.6. The number of rotatable bonds is 2. The molecule has 5 heteroatoms. The summed E-state index contributed by atoms with van der Waals surface area (Å²) in [5, 5.41) is 2.77. The Labute approximate surface area is 93.4 Å². The molecule has 86 valence electrons. The minimum Gasteiger partial charge on any atom is -0.462 e. The highest BCUT2D eigenvalue weighted by atomic mass is 16.5. The number of esters is 1. The fourth-order valence-corrected chi connectivity index (χ4v) is 1.75. The molecule has 0 aromatic carbocycles. The van der Waals surface area contributed by atoms with Gasteiger partial charge in [-0.1, -0.05) is 0 Å². The molecule has 0 aliphatic carbocycles. The van der Waals surface area contributed by atoms with E-state index in [0.717, 1.165) is 13.0 Å². The van der Waals surface area contributed by atoms with Crippen molar-refractivity contribution in [1.29, 1.82) is 0 Å². The molecule has 16 heavy (non-hydrogen) atoms. The van der Waals surface area contributed by atoms with Crippen LogP contribution < -0.4 is 5.32 Å². The van der Waals surface area contributed by atoms with Crippen LogP contribution in [-0.2, 0) is 11.3 Å². The van der Waals surface area contributed by atoms with Crippen molar-refractivity contribution in [1.82, 2.24) is 9.88 Å². The van der Waals surface area contributed by atoms with Gasteiger partial charge in [0.15, 0.2) is 0 Å². The summed E-state index contributed by atoms with van der Waals surface area (Å²) < 4.78 is 6.69. The molecule has 0 atom stereocenters. The van der Waals surface area contributed by atoms with Crippen molar-refractivity contribution in [3.8, 4) is 0 Å². The second-order valence-corrected chi connectivity index (χ2v) is 3.64. The number of ether oxygens (including phenoxy) is 1. The Balaban J connectivity index is 2.29. The van der Waals surface area contributed by atoms with Crippen LogP contribution in [0.1, 0.15) is 34.2 Å². The lowest BCUT2D eigenvalue weighted by Gasteiger charge is -2.00. The van der Waals surface area contributed by atoms with Gasteiger partial charge >= 0.3 is 5.97 Å². The first-order valence-corrected chi connectivity index (χ1v) is 5.38. The van der Waals surface area contributed by atoms with E-state index in [9.17, 15) is 9.59 Å². The molecule has 0 unspecified atom stereocenters. The Morgan fingerprint density at radius 1 is 1.62 bits per heavy atom. The second-order valence-electron chi connectivity index (χ2n) is 3.64. The van der Waals surface area contributed by atoms with Gasteiger partial charge in [0.1, 0.15) is 5.69 Å². The predicted molar refractivity (Wildman–Crippen MR) is 57.3 cm³/mol. The molecule has 0 fully saturated rings. The van der Waals surface area contributed by atoms with Gasteiger partial charge in [-0.15, -0.1) is 0 Å². The molecule has 0 bridgehead atoms. The highest BCUT2D eigenvalue weighted by molar-refractivity contribution is 5.97. The molecular formula is C11H14N2O3. The average molecular weight is 222 g/mol.